The second-order valence-corrected chi connectivity index (χ2v) is 9.26. The molecule has 0 amide bonds. The zero-order valence-electron chi connectivity index (χ0n) is 14.3. The lowest BCUT2D eigenvalue weighted by molar-refractivity contribution is 0.372. The minimum absolute atomic E-state index is 0. The Morgan fingerprint density at radius 3 is 2.67 bits per heavy atom. The summed E-state index contributed by atoms with van der Waals surface area (Å²) >= 11 is 1.16. The molecule has 2 heterocycles. The van der Waals surface area contributed by atoms with E-state index in [0.29, 0.717) is 23.0 Å². The molecule has 0 saturated heterocycles. The van der Waals surface area contributed by atoms with Crippen LogP contribution in [0.3, 0.4) is 0 Å². The summed E-state index contributed by atoms with van der Waals surface area (Å²) in [7, 11) is -3.60. The van der Waals surface area contributed by atoms with Gasteiger partial charge in [0.2, 0.25) is 0 Å². The van der Waals surface area contributed by atoms with Crippen molar-refractivity contribution in [3.8, 4) is 11.5 Å². The molecule has 1 fully saturated rings. The van der Waals surface area contributed by atoms with Crippen molar-refractivity contribution in [2.75, 3.05) is 4.72 Å². The highest BCUT2D eigenvalue weighted by Crippen LogP contribution is 2.35. The van der Waals surface area contributed by atoms with Gasteiger partial charge in [0.05, 0.1) is 5.54 Å². The number of hydrogen-bond donors (Lipinski definition) is 2. The van der Waals surface area contributed by atoms with Crippen LogP contribution in [0.5, 0.6) is 0 Å². The Hall–Kier alpha value is -1.94. The third-order valence-corrected chi connectivity index (χ3v) is 7.27. The average molecular weight is 427 g/mol. The highest BCUT2D eigenvalue weighted by atomic mass is 35.5. The van der Waals surface area contributed by atoms with Crippen molar-refractivity contribution in [3.05, 3.63) is 47.6 Å². The number of thiophene rings is 1. The standard InChI is InChI=1S/C17H18N4O3S2.ClH/c18-17(8-1-2-9-17)16-19-15(24-20-16)12-5-3-6-13(11-12)21-26(22,23)14-7-4-10-25-14;/h3-7,10-11,21H,1-2,8-9,18H2;1H. The van der Waals surface area contributed by atoms with Gasteiger partial charge in [-0.1, -0.05) is 30.1 Å². The average Bonchev–Trinajstić information content (AvgIpc) is 3.36. The molecule has 1 aliphatic carbocycles. The Labute approximate surface area is 167 Å². The van der Waals surface area contributed by atoms with Gasteiger partial charge in [-0.3, -0.25) is 4.72 Å². The van der Waals surface area contributed by atoms with E-state index in [1.165, 1.54) is 0 Å². The third-order valence-electron chi connectivity index (χ3n) is 4.49. The lowest BCUT2D eigenvalue weighted by atomic mass is 9.99. The maximum absolute atomic E-state index is 12.4. The van der Waals surface area contributed by atoms with Gasteiger partial charge in [0, 0.05) is 11.3 Å². The Kier molecular flexibility index (Phi) is 5.57. The molecule has 2 aromatic heterocycles. The first-order valence-electron chi connectivity index (χ1n) is 8.26. The predicted molar refractivity (Wildman–Crippen MR) is 106 cm³/mol. The van der Waals surface area contributed by atoms with E-state index in [-0.39, 0.29) is 16.6 Å². The molecule has 144 valence electrons. The van der Waals surface area contributed by atoms with Gasteiger partial charge in [0.1, 0.15) is 4.21 Å². The normalized spacial score (nSPS) is 16.0. The van der Waals surface area contributed by atoms with E-state index >= 15 is 0 Å². The molecule has 3 aromatic rings. The number of nitrogens with two attached hydrogens (primary N) is 1. The van der Waals surface area contributed by atoms with Crippen LogP contribution < -0.4 is 10.5 Å². The van der Waals surface area contributed by atoms with E-state index in [1.807, 2.05) is 0 Å². The fourth-order valence-electron chi connectivity index (χ4n) is 3.11. The smallest absolute Gasteiger partial charge is 0.271 e. The van der Waals surface area contributed by atoms with Crippen LogP contribution >= 0.6 is 23.7 Å². The molecule has 4 rings (SSSR count). The van der Waals surface area contributed by atoms with Crippen molar-refractivity contribution < 1.29 is 12.9 Å². The first-order chi connectivity index (χ1) is 12.5. The topological polar surface area (TPSA) is 111 Å². The molecule has 0 spiro atoms. The van der Waals surface area contributed by atoms with Gasteiger partial charge >= 0.3 is 0 Å². The predicted octanol–water partition coefficient (Wildman–Crippen LogP) is 3.75. The monoisotopic (exact) mass is 426 g/mol. The molecule has 1 aromatic carbocycles. The summed E-state index contributed by atoms with van der Waals surface area (Å²) in [6.07, 6.45) is 3.79. The molecule has 0 atom stereocenters. The summed E-state index contributed by atoms with van der Waals surface area (Å²) < 4.78 is 32.9. The number of benzene rings is 1. The third kappa shape index (κ3) is 4.01. The van der Waals surface area contributed by atoms with Gasteiger partial charge < -0.3 is 10.3 Å². The second-order valence-electron chi connectivity index (χ2n) is 6.40. The fraction of sp³-hybridized carbons (Fsp3) is 0.294. The van der Waals surface area contributed by atoms with Gasteiger partial charge in [-0.15, -0.1) is 23.7 Å². The Bertz CT molecular complexity index is 1010. The van der Waals surface area contributed by atoms with Crippen molar-refractivity contribution >= 4 is 39.5 Å². The van der Waals surface area contributed by atoms with E-state index in [2.05, 4.69) is 14.9 Å². The molecule has 0 unspecified atom stereocenters. The van der Waals surface area contributed by atoms with Crippen LogP contribution in [0.25, 0.3) is 11.5 Å². The second kappa shape index (κ2) is 7.59. The van der Waals surface area contributed by atoms with Crippen LogP contribution in [0.4, 0.5) is 5.69 Å². The van der Waals surface area contributed by atoms with Gasteiger partial charge in [-0.05, 0) is 42.5 Å². The first kappa shape index (κ1) is 19.8. The van der Waals surface area contributed by atoms with E-state index in [4.69, 9.17) is 10.3 Å². The number of aromatic nitrogens is 2. The van der Waals surface area contributed by atoms with Crippen LogP contribution in [0.2, 0.25) is 0 Å². The SMILES string of the molecule is Cl.NC1(c2noc(-c3cccc(NS(=O)(=O)c4cccs4)c3)n2)CCCC1. The lowest BCUT2D eigenvalue weighted by Gasteiger charge is -2.17. The number of rotatable bonds is 5. The molecule has 0 bridgehead atoms. The van der Waals surface area contributed by atoms with Crippen LogP contribution in [0.15, 0.2) is 50.5 Å². The summed E-state index contributed by atoms with van der Waals surface area (Å²) in [5, 5.41) is 5.76. The highest BCUT2D eigenvalue weighted by Gasteiger charge is 2.36. The van der Waals surface area contributed by atoms with E-state index in [9.17, 15) is 8.42 Å². The minimum Gasteiger partial charge on any atom is -0.334 e. The van der Waals surface area contributed by atoms with Crippen LogP contribution in [0, 0.1) is 0 Å². The first-order valence-corrected chi connectivity index (χ1v) is 10.6. The van der Waals surface area contributed by atoms with Crippen molar-refractivity contribution in [2.45, 2.75) is 35.4 Å². The molecule has 3 N–H and O–H groups in total. The highest BCUT2D eigenvalue weighted by molar-refractivity contribution is 7.94. The van der Waals surface area contributed by atoms with E-state index in [0.717, 1.165) is 37.0 Å². The maximum atomic E-state index is 12.4. The van der Waals surface area contributed by atoms with Gasteiger partial charge in [0.15, 0.2) is 5.82 Å². The minimum atomic E-state index is -3.60. The van der Waals surface area contributed by atoms with Crippen LogP contribution in [0.1, 0.15) is 31.5 Å². The van der Waals surface area contributed by atoms with Crippen molar-refractivity contribution in [3.63, 3.8) is 0 Å². The molecular formula is C17H19ClN4O3S2. The summed E-state index contributed by atoms with van der Waals surface area (Å²) in [5.41, 5.74) is 6.90. The number of nitrogens with zero attached hydrogens (tertiary/aromatic N) is 2. The molecule has 1 saturated carbocycles. The number of halogens is 1. The van der Waals surface area contributed by atoms with E-state index < -0.39 is 15.6 Å². The molecular weight excluding hydrogens is 408 g/mol. The van der Waals surface area contributed by atoms with Gasteiger partial charge in [-0.25, -0.2) is 8.42 Å². The molecule has 1 aliphatic rings. The Balaban J connectivity index is 0.00000210. The maximum Gasteiger partial charge on any atom is 0.271 e. The van der Waals surface area contributed by atoms with Crippen LogP contribution in [-0.4, -0.2) is 18.6 Å². The summed E-state index contributed by atoms with van der Waals surface area (Å²) in [6.45, 7) is 0. The van der Waals surface area contributed by atoms with Crippen LogP contribution in [-0.2, 0) is 15.6 Å². The molecule has 0 aliphatic heterocycles. The van der Waals surface area contributed by atoms with Crippen molar-refractivity contribution in [1.29, 1.82) is 0 Å². The zero-order valence-corrected chi connectivity index (χ0v) is 16.7. The number of sulfonamides is 1. The number of nitrogens with one attached hydrogen (secondary N) is 1. The molecule has 27 heavy (non-hydrogen) atoms. The van der Waals surface area contributed by atoms with Crippen molar-refractivity contribution in [1.82, 2.24) is 10.1 Å². The lowest BCUT2D eigenvalue weighted by Crippen LogP contribution is -2.34. The van der Waals surface area contributed by atoms with E-state index in [1.54, 1.807) is 41.8 Å². The molecule has 0 radical (unpaired) electrons. The fourth-order valence-corrected chi connectivity index (χ4v) is 5.15. The zero-order chi connectivity index (χ0) is 18.2. The largest absolute Gasteiger partial charge is 0.334 e. The quantitative estimate of drug-likeness (QED) is 0.642. The Morgan fingerprint density at radius 2 is 1.96 bits per heavy atom. The summed E-state index contributed by atoms with van der Waals surface area (Å²) in [5.74, 6) is 0.837. The number of hydrogen-bond acceptors (Lipinski definition) is 7. The van der Waals surface area contributed by atoms with Gasteiger partial charge in [-0.2, -0.15) is 4.98 Å². The number of anilines is 1. The molecule has 10 heteroatoms. The van der Waals surface area contributed by atoms with Crippen molar-refractivity contribution in [2.24, 2.45) is 5.73 Å². The molecule has 7 nitrogen and oxygen atoms in total. The Morgan fingerprint density at radius 1 is 1.19 bits per heavy atom. The van der Waals surface area contributed by atoms with Gasteiger partial charge in [0.25, 0.3) is 15.9 Å². The summed E-state index contributed by atoms with van der Waals surface area (Å²) in [6, 6.07) is 10.1. The summed E-state index contributed by atoms with van der Waals surface area (Å²) in [4.78, 5) is 4.44.